The Morgan fingerprint density at radius 1 is 0.788 bits per heavy atom. The van der Waals surface area contributed by atoms with Crippen LogP contribution >= 0.6 is 11.6 Å². The van der Waals surface area contributed by atoms with Gasteiger partial charge in [-0.15, -0.1) is 10.2 Å². The highest BCUT2D eigenvalue weighted by Gasteiger charge is 2.21. The van der Waals surface area contributed by atoms with E-state index in [1.54, 1.807) is 12.1 Å². The molecule has 3 aromatic rings. The van der Waals surface area contributed by atoms with Gasteiger partial charge in [-0.1, -0.05) is 102 Å². The summed E-state index contributed by atoms with van der Waals surface area (Å²) in [5, 5.41) is 31.1. The number of unbranched alkanes of at least 4 members (excludes halogenated alkanes) is 6. The molecule has 5 heteroatoms. The number of hydrogen-bond acceptors (Lipinski definition) is 4. The van der Waals surface area contributed by atoms with Crippen molar-refractivity contribution in [1.29, 1.82) is 0 Å². The van der Waals surface area contributed by atoms with E-state index in [9.17, 15) is 10.2 Å². The first-order chi connectivity index (χ1) is 15.8. The van der Waals surface area contributed by atoms with Gasteiger partial charge >= 0.3 is 0 Å². The van der Waals surface area contributed by atoms with Crippen molar-refractivity contribution >= 4 is 33.7 Å². The van der Waals surface area contributed by atoms with Gasteiger partial charge in [-0.25, -0.2) is 0 Å². The Bertz CT molecular complexity index is 1110. The summed E-state index contributed by atoms with van der Waals surface area (Å²) in [5.74, 6) is 0.0279. The van der Waals surface area contributed by atoms with Crippen LogP contribution in [0.3, 0.4) is 0 Å². The first-order valence-electron chi connectivity index (χ1n) is 12.0. The molecule has 0 saturated carbocycles. The zero-order chi connectivity index (χ0) is 23.8. The quantitative estimate of drug-likeness (QED) is 0.218. The minimum Gasteiger partial charge on any atom is -0.506 e. The average Bonchev–Trinajstić information content (AvgIpc) is 2.79. The van der Waals surface area contributed by atoms with Gasteiger partial charge in [0.15, 0.2) is 0 Å². The van der Waals surface area contributed by atoms with Crippen molar-refractivity contribution in [2.45, 2.75) is 77.6 Å². The molecule has 0 aliphatic heterocycles. The van der Waals surface area contributed by atoms with Gasteiger partial charge in [0, 0.05) is 10.4 Å². The van der Waals surface area contributed by atoms with Crippen LogP contribution in [0.4, 0.5) is 11.4 Å². The topological polar surface area (TPSA) is 65.2 Å². The summed E-state index contributed by atoms with van der Waals surface area (Å²) in [7, 11) is 0. The molecule has 0 radical (unpaired) electrons. The molecule has 0 unspecified atom stereocenters. The van der Waals surface area contributed by atoms with E-state index in [0.29, 0.717) is 10.7 Å². The maximum atomic E-state index is 10.4. The largest absolute Gasteiger partial charge is 0.506 e. The third-order valence-corrected chi connectivity index (χ3v) is 6.59. The van der Waals surface area contributed by atoms with Gasteiger partial charge in [0.25, 0.3) is 0 Å². The van der Waals surface area contributed by atoms with Gasteiger partial charge in [0.2, 0.25) is 0 Å². The highest BCUT2D eigenvalue weighted by atomic mass is 35.5. The van der Waals surface area contributed by atoms with Crippen LogP contribution in [0.25, 0.3) is 10.8 Å². The fourth-order valence-corrected chi connectivity index (χ4v) is 4.34. The fourth-order valence-electron chi connectivity index (χ4n) is 4.18. The molecule has 4 nitrogen and oxygen atoms in total. The van der Waals surface area contributed by atoms with Crippen molar-refractivity contribution in [3.05, 3.63) is 59.1 Å². The second kappa shape index (κ2) is 11.5. The van der Waals surface area contributed by atoms with Crippen molar-refractivity contribution < 1.29 is 10.2 Å². The molecular weight excluding hydrogens is 432 g/mol. The van der Waals surface area contributed by atoms with Gasteiger partial charge < -0.3 is 10.2 Å². The lowest BCUT2D eigenvalue weighted by Gasteiger charge is -2.26. The normalized spacial score (nSPS) is 12.1. The van der Waals surface area contributed by atoms with E-state index in [4.69, 9.17) is 11.6 Å². The van der Waals surface area contributed by atoms with Gasteiger partial charge in [-0.3, -0.25) is 0 Å². The average molecular weight is 467 g/mol. The van der Waals surface area contributed by atoms with E-state index in [1.165, 1.54) is 62.6 Å². The minimum atomic E-state index is -0.0164. The Morgan fingerprint density at radius 3 is 2.24 bits per heavy atom. The van der Waals surface area contributed by atoms with Crippen molar-refractivity contribution in [2.24, 2.45) is 10.2 Å². The molecule has 0 aliphatic rings. The SMILES string of the molecule is CCCCCCCCCC(C)(C)c1ccc2c(N=Nc3cc(Cl)ccc3O)c(O)ccc2c1. The highest BCUT2D eigenvalue weighted by Crippen LogP contribution is 2.40. The molecule has 0 bridgehead atoms. The molecule has 0 aliphatic carbocycles. The van der Waals surface area contributed by atoms with E-state index >= 15 is 0 Å². The highest BCUT2D eigenvalue weighted by molar-refractivity contribution is 6.30. The van der Waals surface area contributed by atoms with Crippen LogP contribution in [0.15, 0.2) is 58.8 Å². The summed E-state index contributed by atoms with van der Waals surface area (Å²) >= 11 is 6.00. The predicted octanol–water partition coefficient (Wildman–Crippen LogP) is 9.74. The molecule has 0 atom stereocenters. The van der Waals surface area contributed by atoms with Crippen LogP contribution in [-0.4, -0.2) is 10.2 Å². The van der Waals surface area contributed by atoms with E-state index < -0.39 is 0 Å². The zero-order valence-electron chi connectivity index (χ0n) is 19.9. The maximum absolute atomic E-state index is 10.4. The Morgan fingerprint density at radius 2 is 1.48 bits per heavy atom. The van der Waals surface area contributed by atoms with Crippen molar-refractivity contribution in [3.63, 3.8) is 0 Å². The Labute approximate surface area is 202 Å². The summed E-state index contributed by atoms with van der Waals surface area (Å²) in [6, 6.07) is 14.5. The molecule has 176 valence electrons. The molecule has 3 aromatic carbocycles. The van der Waals surface area contributed by atoms with Crippen LogP contribution in [0, 0.1) is 0 Å². The molecule has 0 aromatic heterocycles. The number of hydrogen-bond donors (Lipinski definition) is 2. The number of nitrogens with zero attached hydrogens (tertiary/aromatic N) is 2. The fraction of sp³-hybridized carbons (Fsp3) is 0.429. The number of aromatic hydroxyl groups is 2. The molecule has 3 rings (SSSR count). The summed E-state index contributed by atoms with van der Waals surface area (Å²) in [6.45, 7) is 6.85. The first-order valence-corrected chi connectivity index (χ1v) is 12.4. The molecular formula is C28H35ClN2O2. The maximum Gasteiger partial charge on any atom is 0.143 e. The van der Waals surface area contributed by atoms with Gasteiger partial charge in [0.1, 0.15) is 22.9 Å². The Kier molecular flexibility index (Phi) is 8.74. The third-order valence-electron chi connectivity index (χ3n) is 6.35. The lowest BCUT2D eigenvalue weighted by atomic mass is 9.79. The van der Waals surface area contributed by atoms with E-state index in [0.717, 1.165) is 17.2 Å². The van der Waals surface area contributed by atoms with Crippen molar-refractivity contribution in [3.8, 4) is 11.5 Å². The number of fused-ring (bicyclic) bond motifs is 1. The van der Waals surface area contributed by atoms with Gasteiger partial charge in [-0.2, -0.15) is 0 Å². The Hall–Kier alpha value is -2.59. The van der Waals surface area contributed by atoms with Crippen LogP contribution in [0.2, 0.25) is 5.02 Å². The Balaban J connectivity index is 1.76. The number of phenols is 2. The number of rotatable bonds is 11. The van der Waals surface area contributed by atoms with E-state index in [1.807, 2.05) is 12.1 Å². The minimum absolute atomic E-state index is 0.0164. The molecule has 0 spiro atoms. The van der Waals surface area contributed by atoms with E-state index in [-0.39, 0.29) is 22.6 Å². The van der Waals surface area contributed by atoms with Crippen LogP contribution in [0.5, 0.6) is 11.5 Å². The standard InChI is InChI=1S/C28H35ClN2O2/c1-4-5-6-7-8-9-10-17-28(2,3)21-12-14-23-20(18-21)11-15-26(33)27(23)31-30-24-19-22(29)13-16-25(24)32/h11-16,18-19,32-33H,4-10,17H2,1-3H3. The first kappa shape index (κ1) is 25.0. The zero-order valence-corrected chi connectivity index (χ0v) is 20.7. The summed E-state index contributed by atoms with van der Waals surface area (Å²) in [6.07, 6.45) is 10.3. The molecule has 0 fully saturated rings. The number of azo groups is 1. The molecule has 0 amide bonds. The summed E-state index contributed by atoms with van der Waals surface area (Å²) in [5.41, 5.74) is 1.99. The summed E-state index contributed by atoms with van der Waals surface area (Å²) in [4.78, 5) is 0. The number of halogens is 1. The molecule has 0 saturated heterocycles. The van der Waals surface area contributed by atoms with Crippen molar-refractivity contribution in [1.82, 2.24) is 0 Å². The van der Waals surface area contributed by atoms with E-state index in [2.05, 4.69) is 43.1 Å². The summed E-state index contributed by atoms with van der Waals surface area (Å²) < 4.78 is 0. The lowest BCUT2D eigenvalue weighted by Crippen LogP contribution is -2.16. The second-order valence-electron chi connectivity index (χ2n) is 9.46. The lowest BCUT2D eigenvalue weighted by molar-refractivity contribution is 0.442. The molecule has 2 N–H and O–H groups in total. The molecule has 0 heterocycles. The second-order valence-corrected chi connectivity index (χ2v) is 9.89. The van der Waals surface area contributed by atoms with Gasteiger partial charge in [0.05, 0.1) is 0 Å². The molecule has 33 heavy (non-hydrogen) atoms. The van der Waals surface area contributed by atoms with Crippen LogP contribution in [0.1, 0.15) is 77.7 Å². The van der Waals surface area contributed by atoms with Crippen LogP contribution in [-0.2, 0) is 5.41 Å². The van der Waals surface area contributed by atoms with Crippen LogP contribution < -0.4 is 0 Å². The number of benzene rings is 3. The third kappa shape index (κ3) is 6.70. The van der Waals surface area contributed by atoms with Gasteiger partial charge in [-0.05, 0) is 47.1 Å². The smallest absolute Gasteiger partial charge is 0.143 e. The predicted molar refractivity (Wildman–Crippen MR) is 139 cm³/mol. The monoisotopic (exact) mass is 466 g/mol. The number of phenolic OH excluding ortho intramolecular Hbond substituents is 2. The van der Waals surface area contributed by atoms with Crippen molar-refractivity contribution in [2.75, 3.05) is 0 Å².